The van der Waals surface area contributed by atoms with Crippen LogP contribution in [0.1, 0.15) is 20.3 Å². The number of nitrogens with zero attached hydrogens (tertiary/aromatic N) is 1. The van der Waals surface area contributed by atoms with Crippen LogP contribution in [0.5, 0.6) is 0 Å². The highest BCUT2D eigenvalue weighted by Gasteiger charge is 2.21. The van der Waals surface area contributed by atoms with E-state index in [9.17, 15) is 4.79 Å². The van der Waals surface area contributed by atoms with Crippen LogP contribution >= 0.6 is 0 Å². The second-order valence-corrected chi connectivity index (χ2v) is 5.23. The molecule has 1 unspecified atom stereocenters. The second kappa shape index (κ2) is 6.37. The summed E-state index contributed by atoms with van der Waals surface area (Å²) in [4.78, 5) is 16.2. The Labute approximate surface area is 119 Å². The maximum absolute atomic E-state index is 11.9. The van der Waals surface area contributed by atoms with Gasteiger partial charge in [-0.2, -0.15) is 0 Å². The van der Waals surface area contributed by atoms with E-state index in [-0.39, 0.29) is 12.0 Å². The molecule has 0 saturated heterocycles. The number of anilines is 1. The first-order valence-electron chi connectivity index (χ1n) is 6.80. The van der Waals surface area contributed by atoms with Gasteiger partial charge in [-0.1, -0.05) is 38.1 Å². The average Bonchev–Trinajstić information content (AvgIpc) is 2.45. The van der Waals surface area contributed by atoms with E-state index in [1.54, 1.807) is 6.20 Å². The van der Waals surface area contributed by atoms with Crippen molar-refractivity contribution in [2.45, 2.75) is 26.3 Å². The summed E-state index contributed by atoms with van der Waals surface area (Å²) in [5, 5.41) is 5.32. The van der Waals surface area contributed by atoms with Gasteiger partial charge < -0.3 is 10.1 Å². The Morgan fingerprint density at radius 2 is 2.05 bits per heavy atom. The number of methoxy groups -OCH3 is 1. The van der Waals surface area contributed by atoms with Gasteiger partial charge in [0, 0.05) is 11.6 Å². The van der Waals surface area contributed by atoms with Crippen molar-refractivity contribution in [1.29, 1.82) is 0 Å². The van der Waals surface area contributed by atoms with Crippen LogP contribution in [0.4, 0.5) is 5.82 Å². The van der Waals surface area contributed by atoms with Crippen molar-refractivity contribution in [3.63, 3.8) is 0 Å². The molecule has 4 heteroatoms. The average molecular weight is 272 g/mol. The first-order chi connectivity index (χ1) is 9.61. The molecule has 2 rings (SSSR count). The van der Waals surface area contributed by atoms with Gasteiger partial charge in [0.25, 0.3) is 0 Å². The number of ether oxygens (including phenoxy) is 1. The molecule has 0 saturated carbocycles. The number of benzene rings is 1. The van der Waals surface area contributed by atoms with E-state index < -0.39 is 0 Å². The number of aromatic nitrogens is 1. The maximum Gasteiger partial charge on any atom is 0.328 e. The number of carbonyl (C=O) groups is 1. The van der Waals surface area contributed by atoms with Crippen LogP contribution in [0.3, 0.4) is 0 Å². The van der Waals surface area contributed by atoms with E-state index in [2.05, 4.69) is 24.1 Å². The third kappa shape index (κ3) is 3.26. The van der Waals surface area contributed by atoms with Gasteiger partial charge in [0.05, 0.1) is 7.11 Å². The van der Waals surface area contributed by atoms with E-state index in [1.807, 2.05) is 30.3 Å². The van der Waals surface area contributed by atoms with Crippen LogP contribution in [0.25, 0.3) is 10.8 Å². The number of pyridine rings is 1. The largest absolute Gasteiger partial charge is 0.467 e. The zero-order valence-electron chi connectivity index (χ0n) is 12.1. The predicted molar refractivity (Wildman–Crippen MR) is 80.6 cm³/mol. The molecule has 106 valence electrons. The Morgan fingerprint density at radius 3 is 2.75 bits per heavy atom. The van der Waals surface area contributed by atoms with Crippen molar-refractivity contribution in [3.8, 4) is 0 Å². The van der Waals surface area contributed by atoms with E-state index >= 15 is 0 Å². The maximum atomic E-state index is 11.9. The smallest absolute Gasteiger partial charge is 0.328 e. The minimum atomic E-state index is -0.377. The number of fused-ring (bicyclic) bond motifs is 1. The highest BCUT2D eigenvalue weighted by molar-refractivity contribution is 5.93. The van der Waals surface area contributed by atoms with E-state index in [4.69, 9.17) is 4.74 Å². The monoisotopic (exact) mass is 272 g/mol. The second-order valence-electron chi connectivity index (χ2n) is 5.23. The summed E-state index contributed by atoms with van der Waals surface area (Å²) in [6.45, 7) is 4.16. The topological polar surface area (TPSA) is 51.2 Å². The first kappa shape index (κ1) is 14.3. The Balaban J connectivity index is 2.30. The van der Waals surface area contributed by atoms with Gasteiger partial charge in [0.15, 0.2) is 0 Å². The van der Waals surface area contributed by atoms with Gasteiger partial charge in [-0.25, -0.2) is 9.78 Å². The Bertz CT molecular complexity index is 591. The highest BCUT2D eigenvalue weighted by atomic mass is 16.5. The molecule has 0 fully saturated rings. The molecule has 0 aliphatic rings. The number of hydrogen-bond donors (Lipinski definition) is 1. The zero-order chi connectivity index (χ0) is 14.5. The van der Waals surface area contributed by atoms with Crippen LogP contribution in [0.15, 0.2) is 36.5 Å². The molecular weight excluding hydrogens is 252 g/mol. The molecule has 1 aromatic heterocycles. The van der Waals surface area contributed by atoms with Crippen molar-refractivity contribution in [1.82, 2.24) is 4.98 Å². The van der Waals surface area contributed by atoms with Gasteiger partial charge in [-0.15, -0.1) is 0 Å². The van der Waals surface area contributed by atoms with Crippen molar-refractivity contribution < 1.29 is 9.53 Å². The van der Waals surface area contributed by atoms with Gasteiger partial charge >= 0.3 is 5.97 Å². The molecule has 1 heterocycles. The minimum Gasteiger partial charge on any atom is -0.467 e. The summed E-state index contributed by atoms with van der Waals surface area (Å²) < 4.78 is 4.87. The SMILES string of the molecule is COC(=O)C(CC(C)C)Nc1nccc2ccccc12. The van der Waals surface area contributed by atoms with Gasteiger partial charge in [0.2, 0.25) is 0 Å². The lowest BCUT2D eigenvalue weighted by atomic mass is 10.0. The third-order valence-corrected chi connectivity index (χ3v) is 3.18. The summed E-state index contributed by atoms with van der Waals surface area (Å²) in [6, 6.07) is 9.55. The predicted octanol–water partition coefficient (Wildman–Crippen LogP) is 3.23. The van der Waals surface area contributed by atoms with Crippen molar-refractivity contribution in [2.75, 3.05) is 12.4 Å². The molecule has 0 radical (unpaired) electrons. The summed E-state index contributed by atoms with van der Waals surface area (Å²) in [6.07, 6.45) is 2.45. The quantitative estimate of drug-likeness (QED) is 0.849. The fraction of sp³-hybridized carbons (Fsp3) is 0.375. The number of rotatable bonds is 5. The molecule has 0 aliphatic carbocycles. The zero-order valence-corrected chi connectivity index (χ0v) is 12.1. The lowest BCUT2D eigenvalue weighted by Crippen LogP contribution is -2.32. The molecule has 0 bridgehead atoms. The molecule has 1 aromatic carbocycles. The highest BCUT2D eigenvalue weighted by Crippen LogP contribution is 2.22. The van der Waals surface area contributed by atoms with Gasteiger partial charge in [-0.05, 0) is 23.8 Å². The summed E-state index contributed by atoms with van der Waals surface area (Å²) in [5.41, 5.74) is 0. The molecule has 2 aromatic rings. The Hall–Kier alpha value is -2.10. The minimum absolute atomic E-state index is 0.256. The molecule has 0 aliphatic heterocycles. The summed E-state index contributed by atoms with van der Waals surface area (Å²) in [7, 11) is 1.41. The van der Waals surface area contributed by atoms with Crippen molar-refractivity contribution in [2.24, 2.45) is 5.92 Å². The molecular formula is C16H20N2O2. The fourth-order valence-corrected chi connectivity index (χ4v) is 2.23. The lowest BCUT2D eigenvalue weighted by Gasteiger charge is -2.19. The molecule has 4 nitrogen and oxygen atoms in total. The van der Waals surface area contributed by atoms with E-state index in [0.717, 1.165) is 16.6 Å². The molecule has 0 amide bonds. The Morgan fingerprint density at radius 1 is 1.30 bits per heavy atom. The third-order valence-electron chi connectivity index (χ3n) is 3.18. The number of esters is 1. The van der Waals surface area contributed by atoms with Gasteiger partial charge in [-0.3, -0.25) is 0 Å². The molecule has 1 N–H and O–H groups in total. The molecule has 0 spiro atoms. The van der Waals surface area contributed by atoms with Crippen molar-refractivity contribution in [3.05, 3.63) is 36.5 Å². The van der Waals surface area contributed by atoms with Crippen LogP contribution in [-0.4, -0.2) is 24.1 Å². The van der Waals surface area contributed by atoms with Crippen LogP contribution in [0, 0.1) is 5.92 Å². The van der Waals surface area contributed by atoms with Crippen LogP contribution < -0.4 is 5.32 Å². The number of carbonyl (C=O) groups excluding carboxylic acids is 1. The van der Waals surface area contributed by atoms with Crippen molar-refractivity contribution >= 4 is 22.6 Å². The lowest BCUT2D eigenvalue weighted by molar-refractivity contribution is -0.141. The number of hydrogen-bond acceptors (Lipinski definition) is 4. The van der Waals surface area contributed by atoms with Crippen LogP contribution in [-0.2, 0) is 9.53 Å². The summed E-state index contributed by atoms with van der Waals surface area (Å²) in [5.74, 6) is 0.856. The van der Waals surface area contributed by atoms with Crippen LogP contribution in [0.2, 0.25) is 0 Å². The Kier molecular flexibility index (Phi) is 4.56. The van der Waals surface area contributed by atoms with Gasteiger partial charge in [0.1, 0.15) is 11.9 Å². The summed E-state index contributed by atoms with van der Waals surface area (Å²) >= 11 is 0. The first-order valence-corrected chi connectivity index (χ1v) is 6.80. The van der Waals surface area contributed by atoms with E-state index in [0.29, 0.717) is 12.3 Å². The normalized spacial score (nSPS) is 12.4. The fourth-order valence-electron chi connectivity index (χ4n) is 2.23. The molecule has 20 heavy (non-hydrogen) atoms. The standard InChI is InChI=1S/C16H20N2O2/c1-11(2)10-14(16(19)20-3)18-15-13-7-5-4-6-12(13)8-9-17-15/h4-9,11,14H,10H2,1-3H3,(H,17,18). The van der Waals surface area contributed by atoms with E-state index in [1.165, 1.54) is 7.11 Å². The molecule has 1 atom stereocenters. The number of nitrogens with one attached hydrogen (secondary N) is 1.